The fourth-order valence-electron chi connectivity index (χ4n) is 2.38. The van der Waals surface area contributed by atoms with Gasteiger partial charge in [0.15, 0.2) is 23.0 Å². The number of hydrogen-bond donors (Lipinski definition) is 2. The first kappa shape index (κ1) is 16.5. The number of ether oxygens (including phenoxy) is 3. The Morgan fingerprint density at radius 2 is 1.48 bits per heavy atom. The normalized spacial score (nSPS) is 10.7. The maximum Gasteiger partial charge on any atom is 0.203 e. The quantitative estimate of drug-likeness (QED) is 0.855. The molecule has 0 spiro atoms. The molecule has 0 fully saturated rings. The van der Waals surface area contributed by atoms with Crippen LogP contribution in [0.15, 0.2) is 36.4 Å². The van der Waals surface area contributed by atoms with E-state index in [-0.39, 0.29) is 11.5 Å². The Morgan fingerprint density at radius 3 is 2.13 bits per heavy atom. The molecule has 0 aliphatic heterocycles. The molecule has 0 aromatic heterocycles. The molecule has 5 nitrogen and oxygen atoms in total. The average molecular weight is 316 g/mol. The van der Waals surface area contributed by atoms with Gasteiger partial charge in [0.25, 0.3) is 0 Å². The third-order valence-corrected chi connectivity index (χ3v) is 3.45. The third-order valence-electron chi connectivity index (χ3n) is 3.45. The molecule has 5 heteroatoms. The van der Waals surface area contributed by atoms with E-state index in [0.717, 1.165) is 11.1 Å². The summed E-state index contributed by atoms with van der Waals surface area (Å²) in [5.74, 6) is 1.37. The first-order valence-electron chi connectivity index (χ1n) is 7.07. The lowest BCUT2D eigenvalue weighted by Gasteiger charge is -2.13. The molecule has 2 aromatic carbocycles. The molecule has 0 bridgehead atoms. The van der Waals surface area contributed by atoms with Gasteiger partial charge >= 0.3 is 0 Å². The van der Waals surface area contributed by atoms with Crippen LogP contribution in [0.2, 0.25) is 0 Å². The van der Waals surface area contributed by atoms with Crippen LogP contribution in [0.4, 0.5) is 0 Å². The van der Waals surface area contributed by atoms with Crippen molar-refractivity contribution >= 4 is 6.08 Å². The number of phenolic OH excluding ortho intramolecular Hbond substituents is 2. The van der Waals surface area contributed by atoms with E-state index in [1.165, 1.54) is 21.3 Å². The van der Waals surface area contributed by atoms with Gasteiger partial charge in [0.1, 0.15) is 0 Å². The summed E-state index contributed by atoms with van der Waals surface area (Å²) in [5.41, 5.74) is 1.65. The van der Waals surface area contributed by atoms with E-state index in [1.807, 2.05) is 18.2 Å². The summed E-state index contributed by atoms with van der Waals surface area (Å²) in [6.45, 7) is 0. The Hall–Kier alpha value is -2.82. The summed E-state index contributed by atoms with van der Waals surface area (Å²) in [4.78, 5) is 0. The van der Waals surface area contributed by atoms with Crippen LogP contribution in [0.5, 0.6) is 28.7 Å². The van der Waals surface area contributed by atoms with Crippen LogP contribution in [-0.2, 0) is 6.42 Å². The summed E-state index contributed by atoms with van der Waals surface area (Å²) in [5, 5.41) is 19.5. The zero-order chi connectivity index (χ0) is 16.8. The second-order valence-corrected chi connectivity index (χ2v) is 4.82. The van der Waals surface area contributed by atoms with Gasteiger partial charge in [-0.25, -0.2) is 0 Å². The minimum atomic E-state index is 0.0340. The van der Waals surface area contributed by atoms with Gasteiger partial charge in [-0.2, -0.15) is 0 Å². The fourth-order valence-corrected chi connectivity index (χ4v) is 2.38. The van der Waals surface area contributed by atoms with Gasteiger partial charge in [0.2, 0.25) is 5.75 Å². The van der Waals surface area contributed by atoms with Crippen LogP contribution in [-0.4, -0.2) is 31.5 Å². The molecule has 0 aliphatic carbocycles. The van der Waals surface area contributed by atoms with Gasteiger partial charge in [0, 0.05) is 11.1 Å². The maximum atomic E-state index is 9.78. The van der Waals surface area contributed by atoms with Crippen LogP contribution >= 0.6 is 0 Å². The number of rotatable bonds is 6. The SMILES string of the molecule is COc1c(O)cccc1C=CCc1ccc(O)c(OC)c1OC. The number of benzene rings is 2. The number of methoxy groups -OCH3 is 3. The van der Waals surface area contributed by atoms with E-state index >= 15 is 0 Å². The summed E-state index contributed by atoms with van der Waals surface area (Å²) in [6, 6.07) is 8.52. The lowest BCUT2D eigenvalue weighted by Crippen LogP contribution is -1.95. The van der Waals surface area contributed by atoms with Crippen molar-refractivity contribution in [1.82, 2.24) is 0 Å². The molecule has 0 heterocycles. The Labute approximate surface area is 135 Å². The first-order valence-corrected chi connectivity index (χ1v) is 7.07. The lowest BCUT2D eigenvalue weighted by molar-refractivity contribution is 0.331. The predicted octanol–water partition coefficient (Wildman–Crippen LogP) is 3.38. The summed E-state index contributed by atoms with van der Waals surface area (Å²) < 4.78 is 15.7. The zero-order valence-electron chi connectivity index (χ0n) is 13.4. The van der Waals surface area contributed by atoms with Gasteiger partial charge in [-0.1, -0.05) is 30.4 Å². The van der Waals surface area contributed by atoms with Crippen LogP contribution in [0.1, 0.15) is 11.1 Å². The van der Waals surface area contributed by atoms with E-state index in [0.29, 0.717) is 23.7 Å². The van der Waals surface area contributed by atoms with E-state index in [4.69, 9.17) is 14.2 Å². The second kappa shape index (κ2) is 7.45. The summed E-state index contributed by atoms with van der Waals surface area (Å²) in [6.07, 6.45) is 4.35. The molecule has 0 saturated heterocycles. The van der Waals surface area contributed by atoms with Crippen molar-refractivity contribution < 1.29 is 24.4 Å². The second-order valence-electron chi connectivity index (χ2n) is 4.82. The van der Waals surface area contributed by atoms with Crippen molar-refractivity contribution in [1.29, 1.82) is 0 Å². The Balaban J connectivity index is 2.26. The number of allylic oxidation sites excluding steroid dienone is 1. The molecule has 2 aromatic rings. The molecule has 23 heavy (non-hydrogen) atoms. The number of aromatic hydroxyl groups is 2. The van der Waals surface area contributed by atoms with Crippen molar-refractivity contribution in [2.45, 2.75) is 6.42 Å². The van der Waals surface area contributed by atoms with Gasteiger partial charge < -0.3 is 24.4 Å². The van der Waals surface area contributed by atoms with Gasteiger partial charge in [-0.05, 0) is 18.6 Å². The molecular formula is C18H20O5. The minimum Gasteiger partial charge on any atom is -0.504 e. The third kappa shape index (κ3) is 3.51. The number of phenols is 2. The lowest BCUT2D eigenvalue weighted by atomic mass is 10.1. The monoisotopic (exact) mass is 316 g/mol. The van der Waals surface area contributed by atoms with Crippen molar-refractivity contribution in [3.8, 4) is 28.7 Å². The molecule has 0 amide bonds. The topological polar surface area (TPSA) is 68.2 Å². The highest BCUT2D eigenvalue weighted by Gasteiger charge is 2.13. The molecule has 2 rings (SSSR count). The molecular weight excluding hydrogens is 296 g/mol. The molecule has 122 valence electrons. The number of para-hydroxylation sites is 1. The highest BCUT2D eigenvalue weighted by atomic mass is 16.5. The molecule has 0 saturated carbocycles. The van der Waals surface area contributed by atoms with Crippen molar-refractivity contribution in [3.63, 3.8) is 0 Å². The van der Waals surface area contributed by atoms with Crippen molar-refractivity contribution in [3.05, 3.63) is 47.5 Å². The van der Waals surface area contributed by atoms with E-state index in [1.54, 1.807) is 24.3 Å². The molecule has 2 N–H and O–H groups in total. The number of hydrogen-bond acceptors (Lipinski definition) is 5. The average Bonchev–Trinajstić information content (AvgIpc) is 2.55. The van der Waals surface area contributed by atoms with Crippen LogP contribution in [0, 0.1) is 0 Å². The van der Waals surface area contributed by atoms with Gasteiger partial charge in [-0.15, -0.1) is 0 Å². The predicted molar refractivity (Wildman–Crippen MR) is 88.6 cm³/mol. The van der Waals surface area contributed by atoms with Crippen LogP contribution in [0.3, 0.4) is 0 Å². The molecule has 0 unspecified atom stereocenters. The summed E-state index contributed by atoms with van der Waals surface area (Å²) in [7, 11) is 4.53. The van der Waals surface area contributed by atoms with E-state index in [9.17, 15) is 10.2 Å². The molecule has 0 aliphatic rings. The fraction of sp³-hybridized carbons (Fsp3) is 0.222. The van der Waals surface area contributed by atoms with Crippen molar-refractivity contribution in [2.75, 3.05) is 21.3 Å². The van der Waals surface area contributed by atoms with E-state index in [2.05, 4.69) is 0 Å². The molecule has 0 radical (unpaired) electrons. The Morgan fingerprint density at radius 1 is 0.826 bits per heavy atom. The molecule has 0 atom stereocenters. The van der Waals surface area contributed by atoms with Crippen molar-refractivity contribution in [2.24, 2.45) is 0 Å². The Kier molecular flexibility index (Phi) is 5.36. The largest absolute Gasteiger partial charge is 0.504 e. The van der Waals surface area contributed by atoms with E-state index < -0.39 is 0 Å². The van der Waals surface area contributed by atoms with Gasteiger partial charge in [0.05, 0.1) is 21.3 Å². The maximum absolute atomic E-state index is 9.78. The highest BCUT2D eigenvalue weighted by Crippen LogP contribution is 2.39. The first-order chi connectivity index (χ1) is 11.1. The summed E-state index contributed by atoms with van der Waals surface area (Å²) >= 11 is 0. The van der Waals surface area contributed by atoms with Crippen LogP contribution < -0.4 is 14.2 Å². The minimum absolute atomic E-state index is 0.0340. The smallest absolute Gasteiger partial charge is 0.203 e. The highest BCUT2D eigenvalue weighted by molar-refractivity contribution is 5.63. The van der Waals surface area contributed by atoms with Gasteiger partial charge in [-0.3, -0.25) is 0 Å². The Bertz CT molecular complexity index is 707. The van der Waals surface area contributed by atoms with Crippen LogP contribution in [0.25, 0.3) is 6.08 Å². The standard InChI is InChI=1S/C18H20O5/c1-21-16-12(8-5-9-14(16)19)6-4-7-13-10-11-15(20)18(23-3)17(13)22-2/h4-6,8-11,19-20H,7H2,1-3H3. The zero-order valence-corrected chi connectivity index (χ0v) is 13.4.